The number of benzene rings is 2. The highest BCUT2D eigenvalue weighted by Crippen LogP contribution is 2.39. The monoisotopic (exact) mass is 402 g/mol. The van der Waals surface area contributed by atoms with Crippen LogP contribution in [0.4, 0.5) is 0 Å². The number of carbonyl (C=O) groups excluding carboxylic acids is 1. The van der Waals surface area contributed by atoms with E-state index in [1.165, 1.54) is 7.11 Å². The fourth-order valence-corrected chi connectivity index (χ4v) is 3.67. The van der Waals surface area contributed by atoms with Gasteiger partial charge in [-0.05, 0) is 41.8 Å². The van der Waals surface area contributed by atoms with Crippen LogP contribution in [-0.2, 0) is 16.0 Å². The van der Waals surface area contributed by atoms with Gasteiger partial charge < -0.3 is 28.8 Å². The quantitative estimate of drug-likeness (QED) is 0.680. The van der Waals surface area contributed by atoms with E-state index >= 15 is 0 Å². The first-order chi connectivity index (χ1) is 14.0. The Morgan fingerprint density at radius 1 is 0.931 bits per heavy atom. The molecule has 2 aromatic carbocycles. The maximum Gasteiger partial charge on any atom is 0.309 e. The Morgan fingerprint density at radius 3 is 2.14 bits per heavy atom. The van der Waals surface area contributed by atoms with Gasteiger partial charge in [0.25, 0.3) is 0 Å². The van der Waals surface area contributed by atoms with Gasteiger partial charge in [-0.3, -0.25) is 4.79 Å². The number of aliphatic hydroxyl groups excluding tert-OH is 1. The molecule has 1 N–H and O–H groups in total. The van der Waals surface area contributed by atoms with Crippen molar-refractivity contribution in [3.05, 3.63) is 47.5 Å². The third-order valence-corrected chi connectivity index (χ3v) is 5.30. The van der Waals surface area contributed by atoms with E-state index < -0.39 is 12.0 Å². The van der Waals surface area contributed by atoms with Gasteiger partial charge in [-0.25, -0.2) is 0 Å². The van der Waals surface area contributed by atoms with Crippen molar-refractivity contribution in [2.75, 3.05) is 35.0 Å². The second-order valence-corrected chi connectivity index (χ2v) is 6.85. The molecule has 0 bridgehead atoms. The van der Waals surface area contributed by atoms with Gasteiger partial charge in [0.2, 0.25) is 0 Å². The third kappa shape index (κ3) is 4.24. The van der Waals surface area contributed by atoms with Gasteiger partial charge >= 0.3 is 5.97 Å². The molecule has 29 heavy (non-hydrogen) atoms. The van der Waals surface area contributed by atoms with Crippen molar-refractivity contribution >= 4 is 5.97 Å². The van der Waals surface area contributed by atoms with E-state index in [1.54, 1.807) is 45.6 Å². The minimum absolute atomic E-state index is 0.159. The summed E-state index contributed by atoms with van der Waals surface area (Å²) >= 11 is 0. The summed E-state index contributed by atoms with van der Waals surface area (Å²) in [6, 6.07) is 10.7. The molecule has 0 aromatic heterocycles. The number of hydrogen-bond acceptors (Lipinski definition) is 7. The van der Waals surface area contributed by atoms with Gasteiger partial charge in [-0.2, -0.15) is 0 Å². The highest BCUT2D eigenvalue weighted by atomic mass is 16.5. The predicted molar refractivity (Wildman–Crippen MR) is 106 cm³/mol. The Hall–Kier alpha value is -2.93. The lowest BCUT2D eigenvalue weighted by atomic mass is 9.83. The van der Waals surface area contributed by atoms with E-state index in [-0.39, 0.29) is 18.5 Å². The van der Waals surface area contributed by atoms with Gasteiger partial charge in [-0.15, -0.1) is 0 Å². The average Bonchev–Trinajstić information content (AvgIpc) is 3.12. The van der Waals surface area contributed by atoms with Crippen LogP contribution in [0.2, 0.25) is 0 Å². The maximum atomic E-state index is 12.4. The molecule has 1 unspecified atom stereocenters. The first-order valence-electron chi connectivity index (χ1n) is 9.29. The van der Waals surface area contributed by atoms with Crippen LogP contribution in [0.3, 0.4) is 0 Å². The van der Waals surface area contributed by atoms with Gasteiger partial charge in [0.1, 0.15) is 0 Å². The molecule has 0 spiro atoms. The van der Waals surface area contributed by atoms with Gasteiger partial charge in [0.05, 0.1) is 47.1 Å². The summed E-state index contributed by atoms with van der Waals surface area (Å²) in [6.45, 7) is 0.159. The van der Waals surface area contributed by atoms with Gasteiger partial charge in [0, 0.05) is 5.92 Å². The first-order valence-corrected chi connectivity index (χ1v) is 9.29. The smallest absolute Gasteiger partial charge is 0.309 e. The topological polar surface area (TPSA) is 83.5 Å². The molecule has 3 rings (SSSR count). The lowest BCUT2D eigenvalue weighted by Crippen LogP contribution is -2.24. The van der Waals surface area contributed by atoms with E-state index in [9.17, 15) is 9.90 Å². The standard InChI is InChI=1S/C22H26O7/c1-25-17-7-5-13(10-19(17)27-3)9-15-16(12-29-22(15)24)21(23)14-6-8-18(26-2)20(11-14)28-4/h5-8,10-11,15-16,21,23H,9,12H2,1-4H3/t15-,16-,21?/m1/s1. The number of esters is 1. The van der Waals surface area contributed by atoms with Crippen LogP contribution in [0, 0.1) is 11.8 Å². The molecule has 7 nitrogen and oxygen atoms in total. The molecule has 0 saturated carbocycles. The summed E-state index contributed by atoms with van der Waals surface area (Å²) in [7, 11) is 6.23. The van der Waals surface area contributed by atoms with Crippen LogP contribution >= 0.6 is 0 Å². The summed E-state index contributed by atoms with van der Waals surface area (Å²) in [5.74, 6) is 1.13. The molecule has 1 heterocycles. The Kier molecular flexibility index (Phi) is 6.49. The zero-order chi connectivity index (χ0) is 21.0. The van der Waals surface area contributed by atoms with Crippen molar-refractivity contribution in [1.82, 2.24) is 0 Å². The molecule has 1 saturated heterocycles. The molecule has 1 aliphatic rings. The molecule has 1 aliphatic heterocycles. The highest BCUT2D eigenvalue weighted by Gasteiger charge is 2.41. The number of rotatable bonds is 8. The molecule has 3 atom stereocenters. The van der Waals surface area contributed by atoms with E-state index in [0.29, 0.717) is 35.0 Å². The van der Waals surface area contributed by atoms with Crippen molar-refractivity contribution in [2.24, 2.45) is 11.8 Å². The second kappa shape index (κ2) is 9.05. The Labute approximate surface area is 170 Å². The maximum absolute atomic E-state index is 12.4. The molecule has 1 fully saturated rings. The van der Waals surface area contributed by atoms with Crippen molar-refractivity contribution < 1.29 is 33.6 Å². The molecule has 7 heteroatoms. The Morgan fingerprint density at radius 2 is 1.52 bits per heavy atom. The van der Waals surface area contributed by atoms with Crippen molar-refractivity contribution in [1.29, 1.82) is 0 Å². The number of methoxy groups -OCH3 is 4. The fourth-order valence-electron chi connectivity index (χ4n) is 3.67. The van der Waals surface area contributed by atoms with E-state index in [1.807, 2.05) is 12.1 Å². The number of aliphatic hydroxyl groups is 1. The Bertz CT molecular complexity index is 864. The number of cyclic esters (lactones) is 1. The minimum Gasteiger partial charge on any atom is -0.493 e. The molecule has 0 aliphatic carbocycles. The van der Waals surface area contributed by atoms with Crippen LogP contribution in [0.5, 0.6) is 23.0 Å². The van der Waals surface area contributed by atoms with Crippen LogP contribution in [-0.4, -0.2) is 46.1 Å². The molecule has 0 radical (unpaired) electrons. The molecule has 2 aromatic rings. The summed E-state index contributed by atoms with van der Waals surface area (Å²) in [5.41, 5.74) is 1.54. The molecular weight excluding hydrogens is 376 g/mol. The second-order valence-electron chi connectivity index (χ2n) is 6.85. The number of carbonyl (C=O) groups is 1. The molecule has 156 valence electrons. The third-order valence-electron chi connectivity index (χ3n) is 5.30. The van der Waals surface area contributed by atoms with Crippen LogP contribution in [0.1, 0.15) is 17.2 Å². The predicted octanol–water partition coefficient (Wildman–Crippen LogP) is 2.79. The lowest BCUT2D eigenvalue weighted by molar-refractivity contribution is -0.141. The molecule has 0 amide bonds. The summed E-state index contributed by atoms with van der Waals surface area (Å²) in [4.78, 5) is 12.4. The zero-order valence-electron chi connectivity index (χ0n) is 17.0. The fraction of sp³-hybridized carbons (Fsp3) is 0.409. The zero-order valence-corrected chi connectivity index (χ0v) is 17.0. The van der Waals surface area contributed by atoms with Gasteiger partial charge in [0.15, 0.2) is 23.0 Å². The van der Waals surface area contributed by atoms with Crippen LogP contribution in [0.15, 0.2) is 36.4 Å². The van der Waals surface area contributed by atoms with E-state index in [4.69, 9.17) is 23.7 Å². The highest BCUT2D eigenvalue weighted by molar-refractivity contribution is 5.75. The first kappa shape index (κ1) is 20.8. The number of hydrogen-bond donors (Lipinski definition) is 1. The molecular formula is C22H26O7. The average molecular weight is 402 g/mol. The Balaban J connectivity index is 1.83. The summed E-state index contributed by atoms with van der Waals surface area (Å²) < 4.78 is 26.5. The van der Waals surface area contributed by atoms with Crippen molar-refractivity contribution in [2.45, 2.75) is 12.5 Å². The van der Waals surface area contributed by atoms with Gasteiger partial charge in [-0.1, -0.05) is 12.1 Å². The summed E-state index contributed by atoms with van der Waals surface area (Å²) in [6.07, 6.45) is -0.458. The van der Waals surface area contributed by atoms with Crippen LogP contribution in [0.25, 0.3) is 0 Å². The summed E-state index contributed by atoms with van der Waals surface area (Å²) in [5, 5.41) is 11.0. The largest absolute Gasteiger partial charge is 0.493 e. The number of ether oxygens (including phenoxy) is 5. The van der Waals surface area contributed by atoms with Crippen molar-refractivity contribution in [3.63, 3.8) is 0 Å². The van der Waals surface area contributed by atoms with E-state index in [2.05, 4.69) is 0 Å². The SMILES string of the molecule is COc1ccc(C[C@H]2C(=O)OC[C@H]2C(O)c2ccc(OC)c(OC)c2)cc1OC. The van der Waals surface area contributed by atoms with Crippen LogP contribution < -0.4 is 18.9 Å². The lowest BCUT2D eigenvalue weighted by Gasteiger charge is -2.22. The van der Waals surface area contributed by atoms with Crippen molar-refractivity contribution in [3.8, 4) is 23.0 Å². The normalized spacial score (nSPS) is 19.4. The van der Waals surface area contributed by atoms with E-state index in [0.717, 1.165) is 5.56 Å². The minimum atomic E-state index is -0.883.